The quantitative estimate of drug-likeness (QED) is 0.729. The number of piperazine rings is 1. The highest BCUT2D eigenvalue weighted by atomic mass is 35.5. The van der Waals surface area contributed by atoms with Gasteiger partial charge in [0.05, 0.1) is 5.70 Å². The minimum Gasteiger partial charge on any atom is -0.340 e. The van der Waals surface area contributed by atoms with Gasteiger partial charge in [-0.3, -0.25) is 4.79 Å². The van der Waals surface area contributed by atoms with Gasteiger partial charge in [-0.1, -0.05) is 31.5 Å². The Bertz CT molecular complexity index is 520. The monoisotopic (exact) mass is 325 g/mol. The topological polar surface area (TPSA) is 35.9 Å². The molecule has 0 aromatic carbocycles. The van der Waals surface area contributed by atoms with Crippen LogP contribution in [-0.2, 0) is 4.79 Å². The van der Waals surface area contributed by atoms with Crippen molar-refractivity contribution in [1.29, 1.82) is 0 Å². The first-order chi connectivity index (χ1) is 10.3. The molecule has 1 fully saturated rings. The SMILES string of the molecule is C/C=C1\C(=N/C(Cl)=C(C)CC)N(C(C)C)[C@H](CC)C(=O)N1C. The van der Waals surface area contributed by atoms with Crippen molar-refractivity contribution in [1.82, 2.24) is 9.80 Å². The molecule has 5 heteroatoms. The van der Waals surface area contributed by atoms with Crippen molar-refractivity contribution in [2.24, 2.45) is 4.99 Å². The molecular weight excluding hydrogens is 298 g/mol. The largest absolute Gasteiger partial charge is 0.340 e. The van der Waals surface area contributed by atoms with E-state index in [1.54, 1.807) is 11.9 Å². The normalized spacial score (nSPS) is 24.6. The number of nitrogens with zero attached hydrogens (tertiary/aromatic N) is 3. The average Bonchev–Trinajstić information content (AvgIpc) is 2.49. The van der Waals surface area contributed by atoms with Gasteiger partial charge in [0.15, 0.2) is 5.84 Å². The van der Waals surface area contributed by atoms with Crippen LogP contribution in [0.15, 0.2) is 27.5 Å². The van der Waals surface area contributed by atoms with Crippen molar-refractivity contribution in [2.75, 3.05) is 7.05 Å². The third kappa shape index (κ3) is 3.54. The van der Waals surface area contributed by atoms with Crippen LogP contribution in [0.3, 0.4) is 0 Å². The first-order valence-corrected chi connectivity index (χ1v) is 8.34. The molecule has 0 unspecified atom stereocenters. The van der Waals surface area contributed by atoms with E-state index in [4.69, 9.17) is 11.6 Å². The van der Waals surface area contributed by atoms with Gasteiger partial charge in [-0.05, 0) is 46.1 Å². The van der Waals surface area contributed by atoms with E-state index in [2.05, 4.69) is 30.7 Å². The van der Waals surface area contributed by atoms with Crippen LogP contribution < -0.4 is 0 Å². The molecule has 0 bridgehead atoms. The zero-order chi connectivity index (χ0) is 17.0. The molecule has 0 spiro atoms. The van der Waals surface area contributed by atoms with E-state index < -0.39 is 0 Å². The van der Waals surface area contributed by atoms with Gasteiger partial charge in [-0.2, -0.15) is 0 Å². The zero-order valence-corrected chi connectivity index (χ0v) is 15.5. The fourth-order valence-corrected chi connectivity index (χ4v) is 2.85. The predicted molar refractivity (Wildman–Crippen MR) is 93.9 cm³/mol. The standard InChI is InChI=1S/C17H28ClN3O/c1-8-12(6)15(18)19-16-13(9-2)20(7)17(22)14(10-3)21(16)11(4)5/h9,11,14H,8,10H2,1-7H3/b13-9+,15-12?,19-16+/t14-/m1/s1. The number of carbonyl (C=O) groups is 1. The number of rotatable bonds is 4. The summed E-state index contributed by atoms with van der Waals surface area (Å²) in [4.78, 5) is 21.1. The Labute approximate surface area is 139 Å². The Morgan fingerprint density at radius 2 is 2.00 bits per heavy atom. The predicted octanol–water partition coefficient (Wildman–Crippen LogP) is 4.13. The maximum absolute atomic E-state index is 12.6. The van der Waals surface area contributed by atoms with Gasteiger partial charge in [0.25, 0.3) is 0 Å². The Kier molecular flexibility index (Phi) is 6.66. The highest BCUT2D eigenvalue weighted by Gasteiger charge is 2.39. The van der Waals surface area contributed by atoms with Crippen LogP contribution in [0.2, 0.25) is 0 Å². The molecule has 0 aromatic heterocycles. The summed E-state index contributed by atoms with van der Waals surface area (Å²) in [6, 6.07) is -0.0263. The lowest BCUT2D eigenvalue weighted by atomic mass is 10.0. The maximum Gasteiger partial charge on any atom is 0.249 e. The Morgan fingerprint density at radius 1 is 1.41 bits per heavy atom. The fourth-order valence-electron chi connectivity index (χ4n) is 2.64. The molecule has 1 rings (SSSR count). The summed E-state index contributed by atoms with van der Waals surface area (Å²) in [5, 5.41) is 0.514. The van der Waals surface area contributed by atoms with Crippen molar-refractivity contribution in [3.63, 3.8) is 0 Å². The van der Waals surface area contributed by atoms with Crippen LogP contribution in [0, 0.1) is 0 Å². The summed E-state index contributed by atoms with van der Waals surface area (Å²) >= 11 is 6.37. The summed E-state index contributed by atoms with van der Waals surface area (Å²) < 4.78 is 0. The van der Waals surface area contributed by atoms with E-state index in [9.17, 15) is 4.79 Å². The number of halogens is 1. The number of hydrogen-bond donors (Lipinski definition) is 0. The Balaban J connectivity index is 3.51. The number of carbonyl (C=O) groups excluding carboxylic acids is 1. The second-order valence-corrected chi connectivity index (χ2v) is 6.21. The lowest BCUT2D eigenvalue weighted by Crippen LogP contribution is -2.59. The molecular formula is C17H28ClN3O. The zero-order valence-electron chi connectivity index (χ0n) is 14.8. The highest BCUT2D eigenvalue weighted by molar-refractivity contribution is 6.30. The van der Waals surface area contributed by atoms with Gasteiger partial charge in [0.2, 0.25) is 5.91 Å². The summed E-state index contributed by atoms with van der Waals surface area (Å²) in [7, 11) is 1.80. The van der Waals surface area contributed by atoms with Crippen molar-refractivity contribution in [2.45, 2.75) is 66.5 Å². The van der Waals surface area contributed by atoms with Crippen LogP contribution in [0.4, 0.5) is 0 Å². The van der Waals surface area contributed by atoms with E-state index >= 15 is 0 Å². The van der Waals surface area contributed by atoms with Gasteiger partial charge >= 0.3 is 0 Å². The van der Waals surface area contributed by atoms with Gasteiger partial charge in [-0.25, -0.2) is 4.99 Å². The molecule has 1 aliphatic heterocycles. The third-order valence-corrected chi connectivity index (χ3v) is 4.50. The molecule has 0 aliphatic carbocycles. The number of aliphatic imine (C=N–C) groups is 1. The van der Waals surface area contributed by atoms with E-state index in [-0.39, 0.29) is 18.0 Å². The van der Waals surface area contributed by atoms with E-state index in [1.165, 1.54) is 0 Å². The smallest absolute Gasteiger partial charge is 0.249 e. The fraction of sp³-hybridized carbons (Fsp3) is 0.647. The summed E-state index contributed by atoms with van der Waals surface area (Å²) in [6.07, 6.45) is 3.52. The van der Waals surface area contributed by atoms with Crippen LogP contribution in [0.1, 0.15) is 54.4 Å². The molecule has 22 heavy (non-hydrogen) atoms. The van der Waals surface area contributed by atoms with Crippen molar-refractivity contribution >= 4 is 23.3 Å². The van der Waals surface area contributed by atoms with Gasteiger partial charge < -0.3 is 9.80 Å². The van der Waals surface area contributed by atoms with Crippen molar-refractivity contribution in [3.8, 4) is 0 Å². The number of likely N-dealkylation sites (N-methyl/N-ethyl adjacent to an activating group) is 1. The number of amides is 1. The summed E-state index contributed by atoms with van der Waals surface area (Å²) in [6.45, 7) is 12.1. The molecule has 0 N–H and O–H groups in total. The molecule has 1 aliphatic rings. The molecule has 1 heterocycles. The minimum absolute atomic E-state index is 0.107. The second kappa shape index (κ2) is 7.82. The Hall–Kier alpha value is -1.29. The lowest BCUT2D eigenvalue weighted by Gasteiger charge is -2.44. The molecule has 0 saturated carbocycles. The van der Waals surface area contributed by atoms with Crippen LogP contribution in [0.25, 0.3) is 0 Å². The molecule has 0 radical (unpaired) electrons. The maximum atomic E-state index is 12.6. The minimum atomic E-state index is -0.196. The van der Waals surface area contributed by atoms with E-state index in [0.717, 1.165) is 29.9 Å². The molecule has 4 nitrogen and oxygen atoms in total. The molecule has 0 aromatic rings. The van der Waals surface area contributed by atoms with Crippen molar-refractivity contribution in [3.05, 3.63) is 22.5 Å². The van der Waals surface area contributed by atoms with Gasteiger partial charge in [-0.15, -0.1) is 0 Å². The second-order valence-electron chi connectivity index (χ2n) is 5.86. The van der Waals surface area contributed by atoms with Crippen LogP contribution >= 0.6 is 11.6 Å². The molecule has 124 valence electrons. The van der Waals surface area contributed by atoms with E-state index in [0.29, 0.717) is 5.16 Å². The first kappa shape index (κ1) is 18.8. The highest BCUT2D eigenvalue weighted by Crippen LogP contribution is 2.27. The molecule has 1 atom stereocenters. The van der Waals surface area contributed by atoms with Gasteiger partial charge in [0.1, 0.15) is 11.2 Å². The summed E-state index contributed by atoms with van der Waals surface area (Å²) in [5.41, 5.74) is 1.85. The van der Waals surface area contributed by atoms with Crippen LogP contribution in [-0.4, -0.2) is 40.7 Å². The van der Waals surface area contributed by atoms with Crippen molar-refractivity contribution < 1.29 is 4.79 Å². The molecule has 1 saturated heterocycles. The Morgan fingerprint density at radius 3 is 2.41 bits per heavy atom. The van der Waals surface area contributed by atoms with E-state index in [1.807, 2.05) is 26.8 Å². The van der Waals surface area contributed by atoms with Crippen LogP contribution in [0.5, 0.6) is 0 Å². The first-order valence-electron chi connectivity index (χ1n) is 7.96. The molecule has 1 amide bonds. The van der Waals surface area contributed by atoms with Gasteiger partial charge in [0, 0.05) is 13.1 Å². The number of amidine groups is 1. The number of allylic oxidation sites excluding steroid dienone is 2. The number of hydrogen-bond acceptors (Lipinski definition) is 2. The summed E-state index contributed by atoms with van der Waals surface area (Å²) in [5.74, 6) is 0.889. The lowest BCUT2D eigenvalue weighted by molar-refractivity contribution is -0.134. The average molecular weight is 326 g/mol. The third-order valence-electron chi connectivity index (χ3n) is 4.09.